The second-order valence-corrected chi connectivity index (χ2v) is 6.89. The van der Waals surface area contributed by atoms with Gasteiger partial charge >= 0.3 is 0 Å². The van der Waals surface area contributed by atoms with Gasteiger partial charge in [0, 0.05) is 48.2 Å². The van der Waals surface area contributed by atoms with Gasteiger partial charge in [0.25, 0.3) is 0 Å². The van der Waals surface area contributed by atoms with Gasteiger partial charge in [0.15, 0.2) is 0 Å². The van der Waals surface area contributed by atoms with Crippen molar-refractivity contribution in [3.63, 3.8) is 0 Å². The lowest BCUT2D eigenvalue weighted by molar-refractivity contribution is -0.132. The van der Waals surface area contributed by atoms with Crippen LogP contribution in [0.2, 0.25) is 0 Å². The van der Waals surface area contributed by atoms with E-state index < -0.39 is 0 Å². The zero-order valence-corrected chi connectivity index (χ0v) is 15.1. The molecule has 5 nitrogen and oxygen atoms in total. The van der Waals surface area contributed by atoms with E-state index in [9.17, 15) is 4.79 Å². The molecule has 2 aromatic heterocycles. The molecule has 0 unspecified atom stereocenters. The van der Waals surface area contributed by atoms with E-state index in [4.69, 9.17) is 4.74 Å². The second kappa shape index (κ2) is 6.92. The molecule has 2 atom stereocenters. The van der Waals surface area contributed by atoms with Crippen molar-refractivity contribution in [3.8, 4) is 0 Å². The van der Waals surface area contributed by atoms with Crippen LogP contribution >= 0.6 is 0 Å². The number of hydrogen-bond donors (Lipinski definition) is 1. The Hall–Kier alpha value is -2.66. The number of nitrogens with one attached hydrogen (secondary N) is 1. The first-order chi connectivity index (χ1) is 12.6. The van der Waals surface area contributed by atoms with E-state index in [0.717, 1.165) is 34.1 Å². The van der Waals surface area contributed by atoms with E-state index >= 15 is 0 Å². The van der Waals surface area contributed by atoms with Crippen LogP contribution in [-0.4, -0.2) is 40.5 Å². The average Bonchev–Trinajstić information content (AvgIpc) is 3.27. The van der Waals surface area contributed by atoms with E-state index in [1.807, 2.05) is 55.4 Å². The van der Waals surface area contributed by atoms with Crippen LogP contribution in [0.25, 0.3) is 10.9 Å². The molecule has 1 aliphatic heterocycles. The molecule has 1 fully saturated rings. The van der Waals surface area contributed by atoms with Crippen LogP contribution < -0.4 is 0 Å². The predicted molar refractivity (Wildman–Crippen MR) is 101 cm³/mol. The van der Waals surface area contributed by atoms with Crippen molar-refractivity contribution >= 4 is 16.8 Å². The molecule has 1 N–H and O–H groups in total. The highest BCUT2D eigenvalue weighted by Crippen LogP contribution is 2.32. The SMILES string of the molecule is Cc1[nH]c2ccccc2c1CC(=O)N(C)[C@H]1CCO[C@@H]1c1cccnc1. The van der Waals surface area contributed by atoms with Gasteiger partial charge in [-0.2, -0.15) is 0 Å². The van der Waals surface area contributed by atoms with Crippen molar-refractivity contribution < 1.29 is 9.53 Å². The van der Waals surface area contributed by atoms with Gasteiger partial charge in [-0.3, -0.25) is 9.78 Å². The Morgan fingerprint density at radius 3 is 2.96 bits per heavy atom. The molecule has 1 aromatic carbocycles. The van der Waals surface area contributed by atoms with Gasteiger partial charge < -0.3 is 14.6 Å². The molecule has 1 amide bonds. The van der Waals surface area contributed by atoms with E-state index in [1.165, 1.54) is 0 Å². The van der Waals surface area contributed by atoms with E-state index in [1.54, 1.807) is 6.20 Å². The largest absolute Gasteiger partial charge is 0.371 e. The van der Waals surface area contributed by atoms with Crippen molar-refractivity contribution in [1.29, 1.82) is 0 Å². The lowest BCUT2D eigenvalue weighted by atomic mass is 10.0. The quantitative estimate of drug-likeness (QED) is 0.785. The summed E-state index contributed by atoms with van der Waals surface area (Å²) < 4.78 is 5.91. The summed E-state index contributed by atoms with van der Waals surface area (Å²) in [4.78, 5) is 22.4. The summed E-state index contributed by atoms with van der Waals surface area (Å²) in [5.41, 5.74) is 4.24. The number of para-hydroxylation sites is 1. The van der Waals surface area contributed by atoms with Crippen molar-refractivity contribution in [2.24, 2.45) is 0 Å². The van der Waals surface area contributed by atoms with E-state index in [0.29, 0.717) is 13.0 Å². The Balaban J connectivity index is 1.55. The third kappa shape index (κ3) is 2.99. The molecule has 4 rings (SSSR count). The zero-order valence-electron chi connectivity index (χ0n) is 15.1. The van der Waals surface area contributed by atoms with Crippen LogP contribution in [0.3, 0.4) is 0 Å². The number of likely N-dealkylation sites (N-methyl/N-ethyl adjacent to an activating group) is 1. The van der Waals surface area contributed by atoms with Crippen molar-refractivity contribution in [2.75, 3.05) is 13.7 Å². The Morgan fingerprint density at radius 1 is 1.31 bits per heavy atom. The number of carbonyl (C=O) groups is 1. The average molecular weight is 349 g/mol. The minimum Gasteiger partial charge on any atom is -0.371 e. The maximum Gasteiger partial charge on any atom is 0.227 e. The number of carbonyl (C=O) groups excluding carboxylic acids is 1. The topological polar surface area (TPSA) is 58.2 Å². The normalized spacial score (nSPS) is 19.8. The zero-order chi connectivity index (χ0) is 18.1. The molecule has 0 radical (unpaired) electrons. The number of hydrogen-bond acceptors (Lipinski definition) is 3. The maximum atomic E-state index is 13.0. The highest BCUT2D eigenvalue weighted by molar-refractivity contribution is 5.90. The summed E-state index contributed by atoms with van der Waals surface area (Å²) in [6, 6.07) is 12.1. The number of amides is 1. The minimum atomic E-state index is -0.110. The van der Waals surface area contributed by atoms with Crippen molar-refractivity contribution in [1.82, 2.24) is 14.9 Å². The van der Waals surface area contributed by atoms with Crippen LogP contribution in [-0.2, 0) is 16.0 Å². The summed E-state index contributed by atoms with van der Waals surface area (Å²) in [5, 5.41) is 1.12. The fourth-order valence-corrected chi connectivity index (χ4v) is 3.86. The Kier molecular flexibility index (Phi) is 4.47. The van der Waals surface area contributed by atoms with Gasteiger partial charge in [0.1, 0.15) is 6.10 Å². The van der Waals surface area contributed by atoms with Gasteiger partial charge in [0.2, 0.25) is 5.91 Å². The van der Waals surface area contributed by atoms with Gasteiger partial charge in [-0.15, -0.1) is 0 Å². The number of rotatable bonds is 4. The van der Waals surface area contributed by atoms with Gasteiger partial charge in [0.05, 0.1) is 12.5 Å². The van der Waals surface area contributed by atoms with E-state index in [2.05, 4.69) is 16.0 Å². The van der Waals surface area contributed by atoms with Crippen LogP contribution in [0, 0.1) is 6.92 Å². The van der Waals surface area contributed by atoms with Crippen molar-refractivity contribution in [3.05, 3.63) is 65.6 Å². The molecule has 0 spiro atoms. The molecule has 3 heterocycles. The number of aromatic nitrogens is 2. The van der Waals surface area contributed by atoms with E-state index in [-0.39, 0.29) is 18.1 Å². The number of aryl methyl sites for hydroxylation is 1. The highest BCUT2D eigenvalue weighted by Gasteiger charge is 2.35. The van der Waals surface area contributed by atoms with Crippen LogP contribution in [0.15, 0.2) is 48.8 Å². The lowest BCUT2D eigenvalue weighted by Gasteiger charge is -2.29. The van der Waals surface area contributed by atoms with Gasteiger partial charge in [-0.1, -0.05) is 24.3 Å². The smallest absolute Gasteiger partial charge is 0.227 e. The Bertz CT molecular complexity index is 919. The molecule has 0 saturated carbocycles. The molecule has 26 heavy (non-hydrogen) atoms. The van der Waals surface area contributed by atoms with Crippen LogP contribution in [0.4, 0.5) is 0 Å². The summed E-state index contributed by atoms with van der Waals surface area (Å²) in [5.74, 6) is 0.113. The summed E-state index contributed by atoms with van der Waals surface area (Å²) in [7, 11) is 1.88. The fraction of sp³-hybridized carbons (Fsp3) is 0.333. The summed E-state index contributed by atoms with van der Waals surface area (Å²) in [6.45, 7) is 2.69. The third-order valence-corrected chi connectivity index (χ3v) is 5.32. The lowest BCUT2D eigenvalue weighted by Crippen LogP contribution is -2.39. The maximum absolute atomic E-state index is 13.0. The fourth-order valence-electron chi connectivity index (χ4n) is 3.86. The van der Waals surface area contributed by atoms with Gasteiger partial charge in [-0.05, 0) is 31.0 Å². The summed E-state index contributed by atoms with van der Waals surface area (Å²) in [6.07, 6.45) is 4.70. The monoisotopic (exact) mass is 349 g/mol. The minimum absolute atomic E-state index is 0.0391. The number of aromatic amines is 1. The van der Waals surface area contributed by atoms with Crippen molar-refractivity contribution in [2.45, 2.75) is 31.9 Å². The Labute approximate surface area is 153 Å². The molecule has 1 saturated heterocycles. The molecule has 0 aliphatic carbocycles. The number of fused-ring (bicyclic) bond motifs is 1. The number of pyridine rings is 1. The molecule has 5 heteroatoms. The second-order valence-electron chi connectivity index (χ2n) is 6.89. The number of ether oxygens (including phenoxy) is 1. The molecular weight excluding hydrogens is 326 g/mol. The first-order valence-corrected chi connectivity index (χ1v) is 8.98. The standard InChI is InChI=1S/C21H23N3O2/c1-14-17(16-7-3-4-8-18(16)23-14)12-20(25)24(2)19-9-11-26-21(19)15-6-5-10-22-13-15/h3-8,10,13,19,21,23H,9,11-12H2,1-2H3/t19-,21+/m0/s1. The Morgan fingerprint density at radius 2 is 2.15 bits per heavy atom. The molecule has 3 aromatic rings. The van der Waals surface area contributed by atoms with Crippen LogP contribution in [0.5, 0.6) is 0 Å². The molecule has 1 aliphatic rings. The van der Waals surface area contributed by atoms with Gasteiger partial charge in [-0.25, -0.2) is 0 Å². The summed E-state index contributed by atoms with van der Waals surface area (Å²) >= 11 is 0. The third-order valence-electron chi connectivity index (χ3n) is 5.32. The number of nitrogens with zero attached hydrogens (tertiary/aromatic N) is 2. The first kappa shape index (κ1) is 16.8. The number of H-pyrrole nitrogens is 1. The molecule has 134 valence electrons. The first-order valence-electron chi connectivity index (χ1n) is 8.98. The molecular formula is C21H23N3O2. The predicted octanol–water partition coefficient (Wildman–Crippen LogP) is 3.40. The van der Waals surface area contributed by atoms with Crippen LogP contribution in [0.1, 0.15) is 29.3 Å². The number of benzene rings is 1. The molecule has 0 bridgehead atoms. The highest BCUT2D eigenvalue weighted by atomic mass is 16.5.